The highest BCUT2D eigenvalue weighted by Gasteiger charge is 2.38. The topological polar surface area (TPSA) is 103 Å². The zero-order valence-corrected chi connectivity index (χ0v) is 20.9. The van der Waals surface area contributed by atoms with Gasteiger partial charge in [0.15, 0.2) is 6.29 Å². The number of rotatable bonds is 11. The van der Waals surface area contributed by atoms with Crippen molar-refractivity contribution in [1.82, 2.24) is 10.2 Å². The molecule has 0 radical (unpaired) electrons. The summed E-state index contributed by atoms with van der Waals surface area (Å²) in [4.78, 5) is 39.8. The molecule has 1 heterocycles. The van der Waals surface area contributed by atoms with Crippen molar-refractivity contribution in [3.8, 4) is 0 Å². The van der Waals surface area contributed by atoms with Crippen LogP contribution in [-0.2, 0) is 35.1 Å². The van der Waals surface area contributed by atoms with Crippen LogP contribution >= 0.6 is 0 Å². The van der Waals surface area contributed by atoms with Crippen molar-refractivity contribution < 1.29 is 33.3 Å². The van der Waals surface area contributed by atoms with E-state index in [2.05, 4.69) is 5.32 Å². The van der Waals surface area contributed by atoms with Gasteiger partial charge in [-0.05, 0) is 53.0 Å². The first kappa shape index (κ1) is 27.6. The van der Waals surface area contributed by atoms with Crippen LogP contribution in [0.2, 0.25) is 0 Å². The van der Waals surface area contributed by atoms with Crippen molar-refractivity contribution in [2.75, 3.05) is 19.8 Å². The first-order chi connectivity index (χ1) is 16.1. The van der Waals surface area contributed by atoms with Gasteiger partial charge in [-0.1, -0.05) is 30.3 Å². The van der Waals surface area contributed by atoms with Crippen LogP contribution in [0.5, 0.6) is 0 Å². The summed E-state index contributed by atoms with van der Waals surface area (Å²) >= 11 is 0. The SMILES string of the molecule is CCOC(OCC)[C@H](CC(=O)OC(C)(C)C)NC(=O)C1CCCN1C(=O)OCc1ccccc1. The molecule has 1 aliphatic heterocycles. The number of amides is 2. The van der Waals surface area contributed by atoms with Crippen molar-refractivity contribution in [2.45, 2.75) is 84.5 Å². The fraction of sp³-hybridized carbons (Fsp3) is 0.640. The Morgan fingerprint density at radius 1 is 1.09 bits per heavy atom. The van der Waals surface area contributed by atoms with Crippen molar-refractivity contribution in [2.24, 2.45) is 0 Å². The first-order valence-electron chi connectivity index (χ1n) is 11.9. The van der Waals surface area contributed by atoms with Crippen molar-refractivity contribution >= 4 is 18.0 Å². The van der Waals surface area contributed by atoms with Crippen LogP contribution in [0.1, 0.15) is 59.4 Å². The van der Waals surface area contributed by atoms with E-state index in [-0.39, 0.29) is 18.9 Å². The van der Waals surface area contributed by atoms with Gasteiger partial charge >= 0.3 is 12.1 Å². The Balaban J connectivity index is 2.06. The standard InChI is InChI=1S/C25H38N2O7/c1-6-31-23(32-7-2)19(16-21(28)34-25(3,4)5)26-22(29)20-14-11-15-27(20)24(30)33-17-18-12-9-8-10-13-18/h8-10,12-13,19-20,23H,6-7,11,14-17H2,1-5H3,(H,26,29)/t19-,20?/m0/s1. The lowest BCUT2D eigenvalue weighted by Gasteiger charge is -2.30. The third kappa shape index (κ3) is 8.95. The van der Waals surface area contributed by atoms with E-state index in [9.17, 15) is 14.4 Å². The minimum absolute atomic E-state index is 0.126. The van der Waals surface area contributed by atoms with Crippen molar-refractivity contribution in [1.29, 1.82) is 0 Å². The second kappa shape index (κ2) is 13.3. The molecule has 34 heavy (non-hydrogen) atoms. The van der Waals surface area contributed by atoms with E-state index in [1.54, 1.807) is 34.6 Å². The molecule has 1 aromatic carbocycles. The maximum Gasteiger partial charge on any atom is 0.410 e. The zero-order chi connectivity index (χ0) is 25.1. The van der Waals surface area contributed by atoms with Gasteiger partial charge < -0.3 is 24.3 Å². The maximum atomic E-state index is 13.2. The molecular weight excluding hydrogens is 440 g/mol. The summed E-state index contributed by atoms with van der Waals surface area (Å²) in [6.45, 7) is 10.2. The molecular formula is C25H38N2O7. The summed E-state index contributed by atoms with van der Waals surface area (Å²) in [7, 11) is 0. The lowest BCUT2D eigenvalue weighted by molar-refractivity contribution is -0.172. The number of ether oxygens (including phenoxy) is 4. The molecule has 2 amide bonds. The molecule has 1 aliphatic rings. The molecule has 2 atom stereocenters. The second-order valence-corrected chi connectivity index (χ2v) is 9.08. The number of hydrogen-bond acceptors (Lipinski definition) is 7. The lowest BCUT2D eigenvalue weighted by Crippen LogP contribution is -2.53. The molecule has 1 saturated heterocycles. The fourth-order valence-corrected chi connectivity index (χ4v) is 3.73. The highest BCUT2D eigenvalue weighted by Crippen LogP contribution is 2.20. The number of nitrogens with one attached hydrogen (secondary N) is 1. The van der Waals surface area contributed by atoms with Gasteiger partial charge in [-0.2, -0.15) is 0 Å². The third-order valence-corrected chi connectivity index (χ3v) is 5.12. The summed E-state index contributed by atoms with van der Waals surface area (Å²) < 4.78 is 22.2. The molecule has 0 aromatic heterocycles. The Morgan fingerprint density at radius 3 is 2.32 bits per heavy atom. The summed E-state index contributed by atoms with van der Waals surface area (Å²) in [5.41, 5.74) is 0.202. The predicted molar refractivity (Wildman–Crippen MR) is 126 cm³/mol. The van der Waals surface area contributed by atoms with E-state index in [1.807, 2.05) is 30.3 Å². The molecule has 1 aromatic rings. The van der Waals surface area contributed by atoms with Gasteiger partial charge in [-0.3, -0.25) is 14.5 Å². The molecule has 1 fully saturated rings. The van der Waals surface area contributed by atoms with Gasteiger partial charge in [0.25, 0.3) is 0 Å². The minimum Gasteiger partial charge on any atom is -0.460 e. The molecule has 0 saturated carbocycles. The van der Waals surface area contributed by atoms with Crippen molar-refractivity contribution in [3.63, 3.8) is 0 Å². The van der Waals surface area contributed by atoms with Gasteiger partial charge in [0.1, 0.15) is 18.2 Å². The number of likely N-dealkylation sites (tertiary alicyclic amines) is 1. The lowest BCUT2D eigenvalue weighted by atomic mass is 10.1. The molecule has 1 unspecified atom stereocenters. The van der Waals surface area contributed by atoms with Crippen molar-refractivity contribution in [3.05, 3.63) is 35.9 Å². The average Bonchev–Trinajstić information content (AvgIpc) is 3.26. The van der Waals surface area contributed by atoms with E-state index in [0.29, 0.717) is 32.6 Å². The van der Waals surface area contributed by atoms with Crippen LogP contribution in [0.25, 0.3) is 0 Å². The summed E-state index contributed by atoms with van der Waals surface area (Å²) in [5, 5.41) is 2.86. The number of esters is 1. The van der Waals surface area contributed by atoms with E-state index in [1.165, 1.54) is 4.90 Å². The Morgan fingerprint density at radius 2 is 1.74 bits per heavy atom. The number of nitrogens with zero attached hydrogens (tertiary/aromatic N) is 1. The zero-order valence-electron chi connectivity index (χ0n) is 20.9. The van der Waals surface area contributed by atoms with Gasteiger partial charge in [0.2, 0.25) is 5.91 Å². The Labute approximate surface area is 202 Å². The van der Waals surface area contributed by atoms with Crippen LogP contribution in [0, 0.1) is 0 Å². The predicted octanol–water partition coefficient (Wildman–Crippen LogP) is 3.40. The number of benzene rings is 1. The number of carbonyl (C=O) groups excluding carboxylic acids is 3. The number of carbonyl (C=O) groups is 3. The molecule has 0 spiro atoms. The first-order valence-corrected chi connectivity index (χ1v) is 11.9. The number of hydrogen-bond donors (Lipinski definition) is 1. The highest BCUT2D eigenvalue weighted by molar-refractivity contribution is 5.87. The molecule has 190 valence electrons. The van der Waals surface area contributed by atoms with Gasteiger partial charge in [0, 0.05) is 19.8 Å². The van der Waals surface area contributed by atoms with Crippen LogP contribution in [-0.4, -0.2) is 66.6 Å². The molecule has 9 heteroatoms. The maximum absolute atomic E-state index is 13.2. The van der Waals surface area contributed by atoms with Gasteiger partial charge in [0.05, 0.1) is 12.5 Å². The normalized spacial score (nSPS) is 16.9. The summed E-state index contributed by atoms with van der Waals surface area (Å²) in [5.74, 6) is -0.861. The molecule has 0 bridgehead atoms. The molecule has 2 rings (SSSR count). The third-order valence-electron chi connectivity index (χ3n) is 5.12. The van der Waals surface area contributed by atoms with E-state index in [0.717, 1.165) is 5.56 Å². The highest BCUT2D eigenvalue weighted by atomic mass is 16.7. The largest absolute Gasteiger partial charge is 0.460 e. The Kier molecular flexibility index (Phi) is 10.8. The minimum atomic E-state index is -0.827. The monoisotopic (exact) mass is 478 g/mol. The quantitative estimate of drug-likeness (QED) is 0.384. The summed E-state index contributed by atoms with van der Waals surface area (Å²) in [6, 6.07) is 7.88. The average molecular weight is 479 g/mol. The van der Waals surface area contributed by atoms with Crippen LogP contribution in [0.15, 0.2) is 30.3 Å². The molecule has 0 aliphatic carbocycles. The fourth-order valence-electron chi connectivity index (χ4n) is 3.73. The molecule has 1 N–H and O–H groups in total. The Bertz CT molecular complexity index is 788. The van der Waals surface area contributed by atoms with E-state index >= 15 is 0 Å². The smallest absolute Gasteiger partial charge is 0.410 e. The Hall–Kier alpha value is -2.65. The van der Waals surface area contributed by atoms with Gasteiger partial charge in [-0.25, -0.2) is 4.79 Å². The molecule has 9 nitrogen and oxygen atoms in total. The van der Waals surface area contributed by atoms with Crippen LogP contribution in [0.3, 0.4) is 0 Å². The van der Waals surface area contributed by atoms with E-state index < -0.39 is 36.0 Å². The summed E-state index contributed by atoms with van der Waals surface area (Å²) in [6.07, 6.45) is -0.323. The van der Waals surface area contributed by atoms with E-state index in [4.69, 9.17) is 18.9 Å². The second-order valence-electron chi connectivity index (χ2n) is 9.08. The van der Waals surface area contributed by atoms with Crippen LogP contribution < -0.4 is 5.32 Å². The van der Waals surface area contributed by atoms with Crippen LogP contribution in [0.4, 0.5) is 4.79 Å². The van der Waals surface area contributed by atoms with Gasteiger partial charge in [-0.15, -0.1) is 0 Å².